The van der Waals surface area contributed by atoms with E-state index in [4.69, 9.17) is 28.5 Å². The highest BCUT2D eigenvalue weighted by Gasteiger charge is 2.31. The van der Waals surface area contributed by atoms with Gasteiger partial charge in [-0.15, -0.1) is 0 Å². The summed E-state index contributed by atoms with van der Waals surface area (Å²) in [6.07, 6.45) is 18.1. The van der Waals surface area contributed by atoms with Crippen LogP contribution in [-0.4, -0.2) is 0 Å². The van der Waals surface area contributed by atoms with Gasteiger partial charge in [0.25, 0.3) is 0 Å². The summed E-state index contributed by atoms with van der Waals surface area (Å²) >= 11 is 12.5. The lowest BCUT2D eigenvalue weighted by molar-refractivity contribution is 0.155. The van der Waals surface area contributed by atoms with E-state index in [0.29, 0.717) is 21.5 Å². The first-order valence-electron chi connectivity index (χ1n) is 11.5. The van der Waals surface area contributed by atoms with Gasteiger partial charge in [0, 0.05) is 0 Å². The average molecular weight is 420 g/mol. The molecular formula is C25H35Cl2N. The third kappa shape index (κ3) is 5.67. The molecule has 28 heavy (non-hydrogen) atoms. The van der Waals surface area contributed by atoms with Crippen molar-refractivity contribution in [3.8, 4) is 6.07 Å². The molecular weight excluding hydrogens is 385 g/mol. The third-order valence-electron chi connectivity index (χ3n) is 7.44. The molecule has 3 heteroatoms. The van der Waals surface area contributed by atoms with Crippen molar-refractivity contribution >= 4 is 23.2 Å². The van der Waals surface area contributed by atoms with Crippen LogP contribution in [0, 0.1) is 29.1 Å². The molecule has 3 rings (SSSR count). The van der Waals surface area contributed by atoms with Gasteiger partial charge in [0.2, 0.25) is 0 Å². The maximum absolute atomic E-state index is 9.15. The maximum Gasteiger partial charge on any atom is 0.102 e. The van der Waals surface area contributed by atoms with Crippen LogP contribution in [0.2, 0.25) is 10.0 Å². The lowest BCUT2D eigenvalue weighted by atomic mass is 9.68. The van der Waals surface area contributed by atoms with Crippen molar-refractivity contribution in [2.45, 2.75) is 96.3 Å². The smallest absolute Gasteiger partial charge is 0.102 e. The van der Waals surface area contributed by atoms with Crippen molar-refractivity contribution in [3.05, 3.63) is 33.3 Å². The summed E-state index contributed by atoms with van der Waals surface area (Å²) in [4.78, 5) is 0. The minimum Gasteiger partial charge on any atom is -0.192 e. The Balaban J connectivity index is 1.44. The van der Waals surface area contributed by atoms with E-state index in [1.807, 2.05) is 12.1 Å². The Bertz CT molecular complexity index is 639. The van der Waals surface area contributed by atoms with E-state index in [9.17, 15) is 0 Å². The quantitative estimate of drug-likeness (QED) is 0.404. The largest absolute Gasteiger partial charge is 0.192 e. The fourth-order valence-corrected chi connectivity index (χ4v) is 6.26. The number of nitrogens with zero attached hydrogens (tertiary/aromatic N) is 1. The second-order valence-electron chi connectivity index (χ2n) is 9.21. The summed E-state index contributed by atoms with van der Waals surface area (Å²) in [7, 11) is 0. The van der Waals surface area contributed by atoms with Crippen LogP contribution in [0.25, 0.3) is 0 Å². The fourth-order valence-electron chi connectivity index (χ4n) is 5.67. The predicted molar refractivity (Wildman–Crippen MR) is 120 cm³/mol. The van der Waals surface area contributed by atoms with Gasteiger partial charge >= 0.3 is 0 Å². The first kappa shape index (κ1) is 22.0. The van der Waals surface area contributed by atoms with Gasteiger partial charge in [0.05, 0.1) is 15.6 Å². The number of rotatable bonds is 7. The molecule has 2 aliphatic carbocycles. The van der Waals surface area contributed by atoms with Gasteiger partial charge in [-0.05, 0) is 79.9 Å². The van der Waals surface area contributed by atoms with Crippen molar-refractivity contribution in [2.24, 2.45) is 17.8 Å². The van der Waals surface area contributed by atoms with E-state index in [1.54, 1.807) is 0 Å². The van der Waals surface area contributed by atoms with E-state index < -0.39 is 0 Å². The second-order valence-corrected chi connectivity index (χ2v) is 10.0. The lowest BCUT2D eigenvalue weighted by Gasteiger charge is -2.38. The van der Waals surface area contributed by atoms with E-state index in [1.165, 1.54) is 89.0 Å². The minimum absolute atomic E-state index is 0.409. The zero-order valence-corrected chi connectivity index (χ0v) is 18.9. The van der Waals surface area contributed by atoms with Crippen LogP contribution in [0.15, 0.2) is 12.1 Å². The molecule has 1 nitrogen and oxygen atoms in total. The Morgan fingerprint density at radius 2 is 1.43 bits per heavy atom. The van der Waals surface area contributed by atoms with Crippen molar-refractivity contribution in [2.75, 3.05) is 0 Å². The van der Waals surface area contributed by atoms with E-state index in [2.05, 4.69) is 13.0 Å². The Labute approximate surface area is 181 Å². The molecule has 0 spiro atoms. The van der Waals surface area contributed by atoms with Gasteiger partial charge < -0.3 is 0 Å². The molecule has 2 fully saturated rings. The molecule has 0 heterocycles. The zero-order chi connectivity index (χ0) is 19.9. The molecule has 0 saturated heterocycles. The van der Waals surface area contributed by atoms with Crippen molar-refractivity contribution in [3.63, 3.8) is 0 Å². The highest BCUT2D eigenvalue weighted by Crippen LogP contribution is 2.45. The van der Waals surface area contributed by atoms with Gasteiger partial charge in [-0.3, -0.25) is 0 Å². The molecule has 0 unspecified atom stereocenters. The molecule has 0 aliphatic heterocycles. The number of benzene rings is 1. The minimum atomic E-state index is 0.409. The molecule has 0 atom stereocenters. The summed E-state index contributed by atoms with van der Waals surface area (Å²) in [6.45, 7) is 2.30. The van der Waals surface area contributed by atoms with Crippen molar-refractivity contribution in [1.29, 1.82) is 5.26 Å². The summed E-state index contributed by atoms with van der Waals surface area (Å²) in [6, 6.07) is 6.05. The number of halogens is 2. The molecule has 1 aromatic rings. The standard InChI is InChI=1S/C25H35Cl2N/c1-2-3-4-5-6-18-7-9-19(10-8-18)20-11-13-21(14-12-20)22-15-24(26)23(17-28)25(27)16-22/h15-16,18-21H,2-14H2,1H3/t18-,19-,20-,21-. The monoisotopic (exact) mass is 419 g/mol. The van der Waals surface area contributed by atoms with Crippen molar-refractivity contribution < 1.29 is 0 Å². The van der Waals surface area contributed by atoms with Crippen LogP contribution in [0.4, 0.5) is 0 Å². The van der Waals surface area contributed by atoms with Crippen LogP contribution in [0.3, 0.4) is 0 Å². The predicted octanol–water partition coefficient (Wildman–Crippen LogP) is 8.92. The molecule has 0 N–H and O–H groups in total. The first-order chi connectivity index (χ1) is 13.6. The summed E-state index contributed by atoms with van der Waals surface area (Å²) in [5.41, 5.74) is 1.63. The molecule has 0 radical (unpaired) electrons. The van der Waals surface area contributed by atoms with Crippen molar-refractivity contribution in [1.82, 2.24) is 0 Å². The summed E-state index contributed by atoms with van der Waals surface area (Å²) in [5, 5.41) is 10.2. The first-order valence-corrected chi connectivity index (χ1v) is 12.3. The van der Waals surface area contributed by atoms with E-state index >= 15 is 0 Å². The average Bonchev–Trinajstić information content (AvgIpc) is 2.72. The molecule has 2 saturated carbocycles. The summed E-state index contributed by atoms with van der Waals surface area (Å²) < 4.78 is 0. The van der Waals surface area contributed by atoms with Crippen LogP contribution in [-0.2, 0) is 0 Å². The number of nitriles is 1. The number of hydrogen-bond acceptors (Lipinski definition) is 1. The second kappa shape index (κ2) is 10.9. The van der Waals surface area contributed by atoms with Gasteiger partial charge in [0.15, 0.2) is 0 Å². The Hall–Kier alpha value is -0.710. The van der Waals surface area contributed by atoms with Gasteiger partial charge in [-0.2, -0.15) is 5.26 Å². The van der Waals surface area contributed by atoms with Gasteiger partial charge in [-0.25, -0.2) is 0 Å². The molecule has 0 bridgehead atoms. The van der Waals surface area contributed by atoms with Gasteiger partial charge in [0.1, 0.15) is 6.07 Å². The maximum atomic E-state index is 9.15. The molecule has 2 aliphatic rings. The summed E-state index contributed by atoms with van der Waals surface area (Å²) in [5.74, 6) is 3.43. The SMILES string of the molecule is CCCCCC[C@H]1CC[C@H]([C@H]2CC[C@H](c3cc(Cl)c(C#N)c(Cl)c3)CC2)CC1. The number of unbranched alkanes of at least 4 members (excludes halogenated alkanes) is 3. The number of hydrogen-bond donors (Lipinski definition) is 0. The van der Waals surface area contributed by atoms with Crippen LogP contribution in [0.5, 0.6) is 0 Å². The topological polar surface area (TPSA) is 23.8 Å². The van der Waals surface area contributed by atoms with Crippen LogP contribution in [0.1, 0.15) is 107 Å². The lowest BCUT2D eigenvalue weighted by Crippen LogP contribution is -2.25. The molecule has 154 valence electrons. The Morgan fingerprint density at radius 3 is 1.96 bits per heavy atom. The zero-order valence-electron chi connectivity index (χ0n) is 17.4. The fraction of sp³-hybridized carbons (Fsp3) is 0.720. The normalized spacial score (nSPS) is 28.1. The highest BCUT2D eigenvalue weighted by atomic mass is 35.5. The van der Waals surface area contributed by atoms with E-state index in [-0.39, 0.29) is 0 Å². The Kier molecular flexibility index (Phi) is 8.55. The Morgan fingerprint density at radius 1 is 0.857 bits per heavy atom. The molecule has 1 aromatic carbocycles. The van der Waals surface area contributed by atoms with Crippen LogP contribution >= 0.6 is 23.2 Å². The van der Waals surface area contributed by atoms with E-state index in [0.717, 1.165) is 17.8 Å². The third-order valence-corrected chi connectivity index (χ3v) is 8.04. The molecule has 0 aromatic heterocycles. The highest BCUT2D eigenvalue weighted by molar-refractivity contribution is 6.36. The molecule has 0 amide bonds. The van der Waals surface area contributed by atoms with Crippen LogP contribution < -0.4 is 0 Å². The van der Waals surface area contributed by atoms with Gasteiger partial charge in [-0.1, -0.05) is 75.1 Å².